The number of likely N-dealkylation sites (tertiary alicyclic amines) is 1. The van der Waals surface area contributed by atoms with Crippen molar-refractivity contribution in [3.8, 4) is 0 Å². The zero-order valence-corrected chi connectivity index (χ0v) is 17.5. The summed E-state index contributed by atoms with van der Waals surface area (Å²) in [5.41, 5.74) is 2.35. The summed E-state index contributed by atoms with van der Waals surface area (Å²) in [6.07, 6.45) is 6.10. The normalized spacial score (nSPS) is 18.5. The number of hydrogen-bond donors (Lipinski definition) is 1. The third-order valence-corrected chi connectivity index (χ3v) is 6.34. The highest BCUT2D eigenvalue weighted by molar-refractivity contribution is 6.16. The predicted molar refractivity (Wildman–Crippen MR) is 118 cm³/mol. The van der Waals surface area contributed by atoms with Gasteiger partial charge < -0.3 is 24.4 Å². The second kappa shape index (κ2) is 8.20. The van der Waals surface area contributed by atoms with E-state index in [9.17, 15) is 4.79 Å². The van der Waals surface area contributed by atoms with Gasteiger partial charge in [-0.25, -0.2) is 9.97 Å². The van der Waals surface area contributed by atoms with Crippen molar-refractivity contribution < 1.29 is 4.79 Å². The molecule has 0 radical (unpaired) electrons. The van der Waals surface area contributed by atoms with Gasteiger partial charge in [-0.1, -0.05) is 6.07 Å². The highest BCUT2D eigenvalue weighted by Gasteiger charge is 2.26. The summed E-state index contributed by atoms with van der Waals surface area (Å²) < 4.78 is 2.01. The fraction of sp³-hybridized carbons (Fsp3) is 0.500. The third kappa shape index (κ3) is 3.50. The van der Waals surface area contributed by atoms with Gasteiger partial charge in [-0.3, -0.25) is 4.79 Å². The van der Waals surface area contributed by atoms with Crippen molar-refractivity contribution >= 4 is 28.3 Å². The Morgan fingerprint density at radius 3 is 2.67 bits per heavy atom. The molecule has 3 aromatic heterocycles. The molecule has 2 saturated heterocycles. The molecule has 3 aromatic rings. The number of aromatic nitrogens is 3. The lowest BCUT2D eigenvalue weighted by molar-refractivity contribution is 0.0953. The minimum atomic E-state index is -0.0434. The molecular formula is C22H29N7O. The van der Waals surface area contributed by atoms with Crippen LogP contribution in [0.1, 0.15) is 23.2 Å². The molecule has 1 amide bonds. The Bertz CT molecular complexity index is 1050. The van der Waals surface area contributed by atoms with E-state index < -0.39 is 0 Å². The minimum absolute atomic E-state index is 0.0434. The molecule has 0 aromatic carbocycles. The van der Waals surface area contributed by atoms with Crippen molar-refractivity contribution in [2.45, 2.75) is 12.8 Å². The van der Waals surface area contributed by atoms with Crippen LogP contribution in [0, 0.1) is 0 Å². The minimum Gasteiger partial charge on any atom is -0.353 e. The van der Waals surface area contributed by atoms with Crippen LogP contribution in [0.2, 0.25) is 0 Å². The first-order chi connectivity index (χ1) is 14.7. The molecule has 2 fully saturated rings. The average Bonchev–Trinajstić information content (AvgIpc) is 3.40. The lowest BCUT2D eigenvalue weighted by atomic mass is 10.1. The quantitative estimate of drug-likeness (QED) is 0.691. The first-order valence-electron chi connectivity index (χ1n) is 10.9. The Morgan fingerprint density at radius 2 is 1.87 bits per heavy atom. The Morgan fingerprint density at radius 1 is 1.07 bits per heavy atom. The second-order valence-electron chi connectivity index (χ2n) is 8.32. The van der Waals surface area contributed by atoms with Gasteiger partial charge in [-0.15, -0.1) is 0 Å². The van der Waals surface area contributed by atoms with Gasteiger partial charge in [0.1, 0.15) is 12.1 Å². The highest BCUT2D eigenvalue weighted by Crippen LogP contribution is 2.32. The Labute approximate surface area is 176 Å². The van der Waals surface area contributed by atoms with Crippen molar-refractivity contribution in [3.05, 3.63) is 36.3 Å². The summed E-state index contributed by atoms with van der Waals surface area (Å²) in [6, 6.07) is 5.93. The van der Waals surface area contributed by atoms with Crippen molar-refractivity contribution in [1.82, 2.24) is 29.5 Å². The largest absolute Gasteiger partial charge is 0.353 e. The van der Waals surface area contributed by atoms with Crippen LogP contribution >= 0.6 is 0 Å². The van der Waals surface area contributed by atoms with E-state index in [0.717, 1.165) is 68.2 Å². The van der Waals surface area contributed by atoms with Gasteiger partial charge in [0, 0.05) is 45.5 Å². The van der Waals surface area contributed by atoms with Crippen LogP contribution < -0.4 is 10.2 Å². The first-order valence-corrected chi connectivity index (χ1v) is 10.9. The molecule has 0 unspecified atom stereocenters. The summed E-state index contributed by atoms with van der Waals surface area (Å²) in [4.78, 5) is 29.6. The number of pyridine rings is 1. The average molecular weight is 408 g/mol. The summed E-state index contributed by atoms with van der Waals surface area (Å²) in [5, 5.41) is 4.01. The van der Waals surface area contributed by atoms with Crippen LogP contribution in [0.25, 0.3) is 16.6 Å². The summed E-state index contributed by atoms with van der Waals surface area (Å²) in [5.74, 6) is 0.819. The van der Waals surface area contributed by atoms with Crippen LogP contribution in [-0.2, 0) is 0 Å². The van der Waals surface area contributed by atoms with Gasteiger partial charge >= 0.3 is 0 Å². The molecule has 5 rings (SSSR count). The van der Waals surface area contributed by atoms with Crippen molar-refractivity contribution in [2.75, 3.05) is 64.3 Å². The zero-order chi connectivity index (χ0) is 20.5. The fourth-order valence-electron chi connectivity index (χ4n) is 4.64. The van der Waals surface area contributed by atoms with Crippen molar-refractivity contribution in [2.24, 2.45) is 0 Å². The molecule has 8 heteroatoms. The highest BCUT2D eigenvalue weighted by atomic mass is 16.1. The molecular weight excluding hydrogens is 378 g/mol. The molecule has 30 heavy (non-hydrogen) atoms. The number of piperazine rings is 1. The Hall–Kier alpha value is -2.71. The summed E-state index contributed by atoms with van der Waals surface area (Å²) >= 11 is 0. The van der Waals surface area contributed by atoms with Gasteiger partial charge in [0.2, 0.25) is 0 Å². The van der Waals surface area contributed by atoms with E-state index in [1.165, 1.54) is 12.8 Å². The fourth-order valence-corrected chi connectivity index (χ4v) is 4.64. The molecule has 5 heterocycles. The van der Waals surface area contributed by atoms with E-state index in [4.69, 9.17) is 0 Å². The number of nitrogens with one attached hydrogen (secondary N) is 1. The molecule has 0 aliphatic carbocycles. The SMILES string of the molecule is CN1CCN(c2ncnc3c2c(C(=O)NCCN2CCCC2)c2ccccn23)CC1. The van der Waals surface area contributed by atoms with Crippen LogP contribution in [0.15, 0.2) is 30.7 Å². The number of anilines is 1. The molecule has 2 aliphatic heterocycles. The first kappa shape index (κ1) is 19.3. The van der Waals surface area contributed by atoms with E-state index in [2.05, 4.69) is 37.0 Å². The topological polar surface area (TPSA) is 69.0 Å². The smallest absolute Gasteiger partial charge is 0.254 e. The van der Waals surface area contributed by atoms with Gasteiger partial charge in [-0.2, -0.15) is 0 Å². The van der Waals surface area contributed by atoms with Crippen LogP contribution in [0.5, 0.6) is 0 Å². The molecule has 8 nitrogen and oxygen atoms in total. The van der Waals surface area contributed by atoms with E-state index in [1.807, 2.05) is 28.8 Å². The monoisotopic (exact) mass is 407 g/mol. The van der Waals surface area contributed by atoms with Crippen LogP contribution in [0.3, 0.4) is 0 Å². The van der Waals surface area contributed by atoms with E-state index in [0.29, 0.717) is 12.1 Å². The lowest BCUT2D eigenvalue weighted by Crippen LogP contribution is -2.45. The third-order valence-electron chi connectivity index (χ3n) is 6.34. The van der Waals surface area contributed by atoms with E-state index in [1.54, 1.807) is 6.33 Å². The summed E-state index contributed by atoms with van der Waals surface area (Å²) in [6.45, 7) is 7.58. The number of rotatable bonds is 5. The molecule has 158 valence electrons. The number of amides is 1. The molecule has 0 atom stereocenters. The van der Waals surface area contributed by atoms with E-state index in [-0.39, 0.29) is 5.91 Å². The Balaban J connectivity index is 1.52. The van der Waals surface area contributed by atoms with E-state index >= 15 is 0 Å². The van der Waals surface area contributed by atoms with Crippen LogP contribution in [0.4, 0.5) is 5.82 Å². The standard InChI is InChI=1S/C22H29N7O/c1-26-12-14-28(15-13-26)20-19-18(22(30)23-7-11-27-8-4-5-9-27)17-6-2-3-10-29(17)21(19)25-16-24-20/h2-3,6,10,16H,4-5,7-9,11-15H2,1H3,(H,23,30). The number of fused-ring (bicyclic) bond motifs is 3. The van der Waals surface area contributed by atoms with Gasteiger partial charge in [0.25, 0.3) is 5.91 Å². The number of hydrogen-bond acceptors (Lipinski definition) is 6. The van der Waals surface area contributed by atoms with Gasteiger partial charge in [0.15, 0.2) is 5.65 Å². The molecule has 0 saturated carbocycles. The second-order valence-corrected chi connectivity index (χ2v) is 8.32. The predicted octanol–water partition coefficient (Wildman–Crippen LogP) is 1.46. The number of carbonyl (C=O) groups excluding carboxylic acids is 1. The number of carbonyl (C=O) groups is 1. The molecule has 0 spiro atoms. The lowest BCUT2D eigenvalue weighted by Gasteiger charge is -2.33. The van der Waals surface area contributed by atoms with Crippen molar-refractivity contribution in [3.63, 3.8) is 0 Å². The van der Waals surface area contributed by atoms with Gasteiger partial charge in [0.05, 0.1) is 16.5 Å². The summed E-state index contributed by atoms with van der Waals surface area (Å²) in [7, 11) is 2.14. The zero-order valence-electron chi connectivity index (χ0n) is 17.5. The molecule has 0 bridgehead atoms. The van der Waals surface area contributed by atoms with Gasteiger partial charge in [-0.05, 0) is 45.1 Å². The maximum Gasteiger partial charge on any atom is 0.254 e. The number of nitrogens with zero attached hydrogens (tertiary/aromatic N) is 6. The van der Waals surface area contributed by atoms with Crippen LogP contribution in [-0.4, -0.2) is 89.5 Å². The van der Waals surface area contributed by atoms with Crippen molar-refractivity contribution in [1.29, 1.82) is 0 Å². The maximum atomic E-state index is 13.4. The number of likely N-dealkylation sites (N-methyl/N-ethyl adjacent to an activating group) is 1. The molecule has 2 aliphatic rings. The maximum absolute atomic E-state index is 13.4. The molecule has 1 N–H and O–H groups in total. The Kier molecular flexibility index (Phi) is 5.26.